The van der Waals surface area contributed by atoms with E-state index in [-0.39, 0.29) is 5.03 Å². The molecule has 0 aliphatic rings. The highest BCUT2D eigenvalue weighted by Crippen LogP contribution is 2.46. The summed E-state index contributed by atoms with van der Waals surface area (Å²) in [6, 6.07) is 8.29. The second-order valence-electron chi connectivity index (χ2n) is 5.51. The summed E-state index contributed by atoms with van der Waals surface area (Å²) in [6.45, 7) is 0. The summed E-state index contributed by atoms with van der Waals surface area (Å²) in [7, 11) is -0.443. The number of ether oxygens (including phenoxy) is 2. The van der Waals surface area contributed by atoms with E-state index < -0.39 is 9.84 Å². The van der Waals surface area contributed by atoms with E-state index >= 15 is 0 Å². The van der Waals surface area contributed by atoms with Crippen LogP contribution in [0.15, 0.2) is 35.4 Å². The zero-order valence-electron chi connectivity index (χ0n) is 14.1. The molecule has 136 valence electrons. The first kappa shape index (κ1) is 18.7. The largest absolute Gasteiger partial charge is 0.495 e. The van der Waals surface area contributed by atoms with Crippen LogP contribution in [-0.4, -0.2) is 39.1 Å². The lowest BCUT2D eigenvalue weighted by molar-refractivity contribution is 0.395. The molecule has 0 fully saturated rings. The number of halogens is 2. The van der Waals surface area contributed by atoms with Crippen molar-refractivity contribution in [2.75, 3.05) is 20.5 Å². The average molecular weight is 413 g/mol. The van der Waals surface area contributed by atoms with Crippen LogP contribution in [0.2, 0.25) is 10.0 Å². The predicted molar refractivity (Wildman–Crippen MR) is 101 cm³/mol. The van der Waals surface area contributed by atoms with Gasteiger partial charge in [-0.3, -0.25) is 0 Å². The van der Waals surface area contributed by atoms with E-state index in [9.17, 15) is 8.42 Å². The van der Waals surface area contributed by atoms with Crippen molar-refractivity contribution in [2.45, 2.75) is 5.03 Å². The van der Waals surface area contributed by atoms with E-state index in [0.29, 0.717) is 43.6 Å². The van der Waals surface area contributed by atoms with Crippen LogP contribution in [0.4, 0.5) is 0 Å². The van der Waals surface area contributed by atoms with Gasteiger partial charge in [0, 0.05) is 23.3 Å². The van der Waals surface area contributed by atoms with Crippen molar-refractivity contribution in [1.29, 1.82) is 0 Å². The molecule has 1 aromatic heterocycles. The first-order valence-corrected chi connectivity index (χ1v) is 9.99. The van der Waals surface area contributed by atoms with Gasteiger partial charge in [0.05, 0.1) is 29.8 Å². The van der Waals surface area contributed by atoms with Crippen LogP contribution in [0.1, 0.15) is 0 Å². The zero-order chi connectivity index (χ0) is 19.1. The maximum atomic E-state index is 11.6. The lowest BCUT2D eigenvalue weighted by Gasteiger charge is -2.15. The van der Waals surface area contributed by atoms with Crippen molar-refractivity contribution in [1.82, 2.24) is 10.2 Å². The van der Waals surface area contributed by atoms with E-state index in [0.717, 1.165) is 6.26 Å². The van der Waals surface area contributed by atoms with Gasteiger partial charge in [-0.2, -0.15) is 0 Å². The molecule has 0 atom stereocenters. The Morgan fingerprint density at radius 1 is 0.923 bits per heavy atom. The maximum Gasteiger partial charge on any atom is 0.194 e. The molecule has 0 N–H and O–H groups in total. The minimum atomic E-state index is -3.44. The number of rotatable bonds is 4. The number of hydrogen-bond donors (Lipinski definition) is 0. The third-order valence-corrected chi connectivity index (χ3v) is 5.52. The van der Waals surface area contributed by atoms with Crippen LogP contribution in [0.3, 0.4) is 0 Å². The molecular formula is C17H14Cl2N2O4S. The molecule has 0 bridgehead atoms. The van der Waals surface area contributed by atoms with Gasteiger partial charge in [0.2, 0.25) is 0 Å². The molecule has 0 spiro atoms. The Balaban J connectivity index is 2.23. The van der Waals surface area contributed by atoms with Gasteiger partial charge in [0.1, 0.15) is 11.5 Å². The van der Waals surface area contributed by atoms with Crippen LogP contribution in [0.5, 0.6) is 11.5 Å². The van der Waals surface area contributed by atoms with E-state index in [1.165, 1.54) is 20.3 Å². The smallest absolute Gasteiger partial charge is 0.194 e. The molecule has 3 rings (SSSR count). The number of hydrogen-bond acceptors (Lipinski definition) is 6. The molecule has 0 aliphatic carbocycles. The fraction of sp³-hybridized carbons (Fsp3) is 0.176. The number of aromatic nitrogens is 2. The lowest BCUT2D eigenvalue weighted by atomic mass is 10.0. The van der Waals surface area contributed by atoms with Gasteiger partial charge < -0.3 is 9.47 Å². The standard InChI is InChI=1S/C17H14Cl2N2O4S/c1-24-12-8-13(25-2)17(19)15(16(12)18)10-5-4-9-7-14(26(3,22)23)21-20-11(9)6-10/h4-8H,1-3H3. The van der Waals surface area contributed by atoms with Crippen LogP contribution in [0, 0.1) is 0 Å². The van der Waals surface area contributed by atoms with Crippen molar-refractivity contribution in [2.24, 2.45) is 0 Å². The fourth-order valence-electron chi connectivity index (χ4n) is 2.49. The second-order valence-corrected chi connectivity index (χ2v) is 8.23. The van der Waals surface area contributed by atoms with Crippen molar-refractivity contribution >= 4 is 43.9 Å². The minimum absolute atomic E-state index is 0.0862. The number of nitrogens with zero attached hydrogens (tertiary/aromatic N) is 2. The predicted octanol–water partition coefficient (Wildman–Crippen LogP) is 4.02. The Kier molecular flexibility index (Phi) is 4.96. The Hall–Kier alpha value is -2.09. The molecule has 9 heteroatoms. The average Bonchev–Trinajstić information content (AvgIpc) is 2.61. The second kappa shape index (κ2) is 6.90. The highest BCUT2D eigenvalue weighted by molar-refractivity contribution is 7.90. The molecule has 26 heavy (non-hydrogen) atoms. The van der Waals surface area contributed by atoms with Crippen LogP contribution >= 0.6 is 23.2 Å². The summed E-state index contributed by atoms with van der Waals surface area (Å²) in [5.41, 5.74) is 1.70. The monoisotopic (exact) mass is 412 g/mol. The van der Waals surface area contributed by atoms with E-state index in [2.05, 4.69) is 10.2 Å². The van der Waals surface area contributed by atoms with Crippen LogP contribution < -0.4 is 9.47 Å². The van der Waals surface area contributed by atoms with Gasteiger partial charge in [-0.1, -0.05) is 35.3 Å². The van der Waals surface area contributed by atoms with Gasteiger partial charge in [-0.25, -0.2) is 8.42 Å². The molecule has 3 aromatic rings. The molecule has 0 saturated carbocycles. The van der Waals surface area contributed by atoms with Gasteiger partial charge >= 0.3 is 0 Å². The van der Waals surface area contributed by atoms with Crippen LogP contribution in [-0.2, 0) is 9.84 Å². The molecule has 2 aromatic carbocycles. The van der Waals surface area contributed by atoms with E-state index in [1.54, 1.807) is 24.3 Å². The Labute approximate surface area is 160 Å². The summed E-state index contributed by atoms with van der Waals surface area (Å²) in [5, 5.41) is 8.98. The molecule has 0 unspecified atom stereocenters. The minimum Gasteiger partial charge on any atom is -0.495 e. The quantitative estimate of drug-likeness (QED) is 0.643. The molecule has 1 heterocycles. The third-order valence-electron chi connectivity index (χ3n) is 3.81. The van der Waals surface area contributed by atoms with Gasteiger partial charge in [-0.15, -0.1) is 10.2 Å². The topological polar surface area (TPSA) is 78.4 Å². The van der Waals surface area contributed by atoms with Crippen molar-refractivity contribution in [3.8, 4) is 22.6 Å². The lowest BCUT2D eigenvalue weighted by Crippen LogP contribution is -2.02. The molecule has 0 aliphatic heterocycles. The maximum absolute atomic E-state index is 11.6. The van der Waals surface area contributed by atoms with Gasteiger partial charge in [0.25, 0.3) is 0 Å². The molecule has 0 radical (unpaired) electrons. The van der Waals surface area contributed by atoms with Crippen molar-refractivity contribution in [3.63, 3.8) is 0 Å². The summed E-state index contributed by atoms with van der Waals surface area (Å²) >= 11 is 12.9. The fourth-order valence-corrected chi connectivity index (χ4v) is 3.74. The molecule has 0 amide bonds. The Bertz CT molecular complexity index is 1090. The van der Waals surface area contributed by atoms with E-state index in [4.69, 9.17) is 32.7 Å². The summed E-state index contributed by atoms with van der Waals surface area (Å²) in [4.78, 5) is 0. The van der Waals surface area contributed by atoms with Gasteiger partial charge in [-0.05, 0) is 17.7 Å². The summed E-state index contributed by atoms with van der Waals surface area (Å²) in [5.74, 6) is 0.836. The number of sulfone groups is 1. The Morgan fingerprint density at radius 2 is 1.54 bits per heavy atom. The molecule has 6 nitrogen and oxygen atoms in total. The number of benzene rings is 2. The first-order chi connectivity index (χ1) is 12.3. The number of methoxy groups -OCH3 is 2. The van der Waals surface area contributed by atoms with Gasteiger partial charge in [0.15, 0.2) is 14.9 Å². The number of fused-ring (bicyclic) bond motifs is 1. The van der Waals surface area contributed by atoms with Crippen LogP contribution in [0.25, 0.3) is 22.0 Å². The molecular weight excluding hydrogens is 399 g/mol. The summed E-state index contributed by atoms with van der Waals surface area (Å²) < 4.78 is 33.8. The first-order valence-electron chi connectivity index (χ1n) is 7.34. The molecule has 0 saturated heterocycles. The van der Waals surface area contributed by atoms with Crippen molar-refractivity contribution < 1.29 is 17.9 Å². The SMILES string of the molecule is COc1cc(OC)c(Cl)c(-c2ccc3cc(S(C)(=O)=O)nnc3c2)c1Cl. The summed E-state index contributed by atoms with van der Waals surface area (Å²) in [6.07, 6.45) is 1.08. The zero-order valence-corrected chi connectivity index (χ0v) is 16.4. The van der Waals surface area contributed by atoms with Crippen molar-refractivity contribution in [3.05, 3.63) is 40.4 Å². The highest BCUT2D eigenvalue weighted by Gasteiger charge is 2.19. The third kappa shape index (κ3) is 3.30. The Morgan fingerprint density at radius 3 is 2.08 bits per heavy atom. The highest BCUT2D eigenvalue weighted by atomic mass is 35.5. The normalized spacial score (nSPS) is 11.6. The van der Waals surface area contributed by atoms with E-state index in [1.807, 2.05) is 0 Å².